The van der Waals surface area contributed by atoms with Crippen molar-refractivity contribution in [2.45, 2.75) is 38.1 Å². The number of likely N-dealkylation sites (tertiary alicyclic amines) is 1. The first-order valence-corrected chi connectivity index (χ1v) is 11.7. The van der Waals surface area contributed by atoms with Gasteiger partial charge in [0.2, 0.25) is 0 Å². The molecule has 0 amide bonds. The number of benzene rings is 1. The third-order valence-electron chi connectivity index (χ3n) is 6.07. The summed E-state index contributed by atoms with van der Waals surface area (Å²) >= 11 is 3.42. The number of rotatable bonds is 7. The zero-order valence-corrected chi connectivity index (χ0v) is 19.6. The number of carbonyl (C=O) groups is 1. The zero-order valence-electron chi connectivity index (χ0n) is 18.0. The molecule has 1 aliphatic heterocycles. The summed E-state index contributed by atoms with van der Waals surface area (Å²) < 4.78 is 6.94. The summed E-state index contributed by atoms with van der Waals surface area (Å²) in [5, 5.41) is 7.70. The maximum absolute atomic E-state index is 12.2. The first kappa shape index (κ1) is 22.0. The Hall–Kier alpha value is -2.19. The molecule has 0 unspecified atom stereocenters. The minimum Gasteiger partial charge on any atom is -0.462 e. The molecule has 166 valence electrons. The average Bonchev–Trinajstić information content (AvgIpc) is 3.58. The molecule has 8 heteroatoms. The van der Waals surface area contributed by atoms with Crippen LogP contribution < -0.4 is 10.9 Å². The summed E-state index contributed by atoms with van der Waals surface area (Å²) in [6.45, 7) is 5.25. The molecule has 2 aliphatic rings. The van der Waals surface area contributed by atoms with Crippen LogP contribution in [-0.4, -0.2) is 52.9 Å². The number of hydrogen-bond acceptors (Lipinski definition) is 6. The predicted molar refractivity (Wildman–Crippen MR) is 124 cm³/mol. The quantitative estimate of drug-likeness (QED) is 0.601. The van der Waals surface area contributed by atoms with E-state index in [0.29, 0.717) is 22.6 Å². The fourth-order valence-corrected chi connectivity index (χ4v) is 4.76. The first-order valence-electron chi connectivity index (χ1n) is 10.9. The summed E-state index contributed by atoms with van der Waals surface area (Å²) in [5.41, 5.74) is 2.39. The van der Waals surface area contributed by atoms with Gasteiger partial charge in [-0.2, -0.15) is 5.10 Å². The van der Waals surface area contributed by atoms with Gasteiger partial charge in [-0.3, -0.25) is 4.79 Å². The lowest BCUT2D eigenvalue weighted by Gasteiger charge is -2.39. The van der Waals surface area contributed by atoms with E-state index in [1.165, 1.54) is 23.1 Å². The molecular weight excluding hydrogens is 460 g/mol. The van der Waals surface area contributed by atoms with Gasteiger partial charge in [0.1, 0.15) is 4.47 Å². The van der Waals surface area contributed by atoms with Crippen molar-refractivity contribution in [1.82, 2.24) is 14.7 Å². The molecule has 0 radical (unpaired) electrons. The summed E-state index contributed by atoms with van der Waals surface area (Å²) in [5.74, 6) is 0.873. The van der Waals surface area contributed by atoms with Crippen LogP contribution in [0.1, 0.15) is 48.0 Å². The molecule has 1 aromatic heterocycles. The maximum Gasteiger partial charge on any atom is 0.338 e. The maximum atomic E-state index is 12.2. The highest BCUT2D eigenvalue weighted by atomic mass is 79.9. The zero-order chi connectivity index (χ0) is 22.0. The van der Waals surface area contributed by atoms with Gasteiger partial charge in [0.05, 0.1) is 24.1 Å². The molecule has 1 aromatic carbocycles. The smallest absolute Gasteiger partial charge is 0.338 e. The third kappa shape index (κ3) is 5.36. The minimum atomic E-state index is -0.282. The number of esters is 1. The molecule has 1 N–H and O–H groups in total. The lowest BCUT2D eigenvalue weighted by Crippen LogP contribution is -2.46. The molecule has 4 rings (SSSR count). The van der Waals surface area contributed by atoms with Gasteiger partial charge in [-0.25, -0.2) is 9.48 Å². The van der Waals surface area contributed by atoms with Crippen LogP contribution in [0.2, 0.25) is 0 Å². The number of aromatic nitrogens is 2. The van der Waals surface area contributed by atoms with Gasteiger partial charge in [-0.15, -0.1) is 0 Å². The molecular formula is C23H29BrN4O3. The van der Waals surface area contributed by atoms with E-state index in [1.807, 2.05) is 31.2 Å². The number of nitrogens with zero attached hydrogens (tertiary/aromatic N) is 3. The van der Waals surface area contributed by atoms with E-state index in [9.17, 15) is 9.59 Å². The average molecular weight is 489 g/mol. The molecule has 0 bridgehead atoms. The molecule has 1 saturated carbocycles. The SMILES string of the molecule is CCOC(=O)c1ccc([C@H]2C[C@@H](Nc3cnn(C)c(=O)c3Br)CN(CC3CC3)C2)cc1. The molecule has 31 heavy (non-hydrogen) atoms. The molecule has 0 spiro atoms. The Morgan fingerprint density at radius 2 is 2.00 bits per heavy atom. The standard InChI is InChI=1S/C23H29BrN4O3/c1-3-31-23(30)17-8-6-16(7-9-17)18-10-19(14-28(13-18)12-15-4-5-15)26-20-11-25-27(2)22(29)21(20)24/h6-9,11,15,18-19,26H,3-5,10,12-14H2,1-2H3/t18-,19+/m0/s1. The van der Waals surface area contributed by atoms with E-state index in [-0.39, 0.29) is 17.6 Å². The molecule has 2 atom stereocenters. The number of carbonyl (C=O) groups excluding carboxylic acids is 1. The molecule has 2 aromatic rings. The van der Waals surface area contributed by atoms with Crippen LogP contribution in [0.3, 0.4) is 0 Å². The number of nitrogens with one attached hydrogen (secondary N) is 1. The van der Waals surface area contributed by atoms with Crippen LogP contribution >= 0.6 is 15.9 Å². The Morgan fingerprint density at radius 3 is 2.68 bits per heavy atom. The highest BCUT2D eigenvalue weighted by molar-refractivity contribution is 9.10. The monoisotopic (exact) mass is 488 g/mol. The Labute approximate surface area is 190 Å². The van der Waals surface area contributed by atoms with E-state index in [2.05, 4.69) is 31.2 Å². The van der Waals surface area contributed by atoms with E-state index < -0.39 is 0 Å². The predicted octanol–water partition coefficient (Wildman–Crippen LogP) is 3.40. The van der Waals surface area contributed by atoms with Crippen LogP contribution in [0.5, 0.6) is 0 Å². The molecule has 7 nitrogen and oxygen atoms in total. The van der Waals surface area contributed by atoms with Crippen LogP contribution in [0.4, 0.5) is 5.69 Å². The fraction of sp³-hybridized carbons (Fsp3) is 0.522. The second-order valence-corrected chi connectivity index (χ2v) is 9.37. The number of halogens is 1. The fourth-order valence-electron chi connectivity index (χ4n) is 4.29. The van der Waals surface area contributed by atoms with Crippen LogP contribution in [0, 0.1) is 5.92 Å². The first-order chi connectivity index (χ1) is 14.9. The lowest BCUT2D eigenvalue weighted by atomic mass is 9.87. The van der Waals surface area contributed by atoms with Gasteiger partial charge >= 0.3 is 5.97 Å². The van der Waals surface area contributed by atoms with Gasteiger partial charge in [-0.1, -0.05) is 12.1 Å². The highest BCUT2D eigenvalue weighted by Crippen LogP contribution is 2.34. The van der Waals surface area contributed by atoms with Crippen molar-refractivity contribution in [2.24, 2.45) is 13.0 Å². The van der Waals surface area contributed by atoms with Gasteiger partial charge < -0.3 is 15.0 Å². The van der Waals surface area contributed by atoms with Gasteiger partial charge in [0.15, 0.2) is 0 Å². The number of anilines is 1. The lowest BCUT2D eigenvalue weighted by molar-refractivity contribution is 0.0526. The van der Waals surface area contributed by atoms with Crippen molar-refractivity contribution >= 4 is 27.6 Å². The highest BCUT2D eigenvalue weighted by Gasteiger charge is 2.32. The number of aryl methyl sites for hydroxylation is 1. The van der Waals surface area contributed by atoms with Crippen LogP contribution in [0.15, 0.2) is 39.7 Å². The normalized spacial score (nSPS) is 21.6. The van der Waals surface area contributed by atoms with Crippen molar-refractivity contribution in [3.8, 4) is 0 Å². The van der Waals surface area contributed by atoms with Gasteiger partial charge in [0.25, 0.3) is 5.56 Å². The minimum absolute atomic E-state index is 0.151. The van der Waals surface area contributed by atoms with Crippen molar-refractivity contribution in [3.05, 3.63) is 56.4 Å². The van der Waals surface area contributed by atoms with Crippen molar-refractivity contribution in [3.63, 3.8) is 0 Å². The Bertz CT molecular complexity index is 987. The van der Waals surface area contributed by atoms with Crippen LogP contribution in [0.25, 0.3) is 0 Å². The molecule has 2 heterocycles. The molecule has 1 aliphatic carbocycles. The van der Waals surface area contributed by atoms with E-state index >= 15 is 0 Å². The van der Waals surface area contributed by atoms with E-state index in [1.54, 1.807) is 13.2 Å². The second-order valence-electron chi connectivity index (χ2n) is 8.58. The Kier molecular flexibility index (Phi) is 6.77. The summed E-state index contributed by atoms with van der Waals surface area (Å²) in [4.78, 5) is 26.7. The van der Waals surface area contributed by atoms with Gasteiger partial charge in [0, 0.05) is 32.7 Å². The molecule has 1 saturated heterocycles. The van der Waals surface area contributed by atoms with Crippen molar-refractivity contribution in [2.75, 3.05) is 31.6 Å². The second kappa shape index (κ2) is 9.53. The largest absolute Gasteiger partial charge is 0.462 e. The van der Waals surface area contributed by atoms with E-state index in [0.717, 1.165) is 37.7 Å². The Balaban J connectivity index is 1.51. The summed E-state index contributed by atoms with van der Waals surface area (Å²) in [6, 6.07) is 8.01. The van der Waals surface area contributed by atoms with E-state index in [4.69, 9.17) is 4.74 Å². The Morgan fingerprint density at radius 1 is 1.26 bits per heavy atom. The third-order valence-corrected chi connectivity index (χ3v) is 6.84. The van der Waals surface area contributed by atoms with Crippen LogP contribution in [-0.2, 0) is 11.8 Å². The van der Waals surface area contributed by atoms with Crippen molar-refractivity contribution in [1.29, 1.82) is 0 Å². The summed E-state index contributed by atoms with van der Waals surface area (Å²) in [7, 11) is 1.64. The number of piperidine rings is 1. The van der Waals surface area contributed by atoms with Gasteiger partial charge in [-0.05, 0) is 71.6 Å². The topological polar surface area (TPSA) is 76.5 Å². The number of ether oxygens (including phenoxy) is 1. The molecule has 2 fully saturated rings. The number of hydrogen-bond donors (Lipinski definition) is 1. The summed E-state index contributed by atoms with van der Waals surface area (Å²) in [6.07, 6.45) is 5.28. The van der Waals surface area contributed by atoms with Crippen molar-refractivity contribution < 1.29 is 9.53 Å².